The van der Waals surface area contributed by atoms with E-state index in [1.54, 1.807) is 24.3 Å². The number of hydrogen-bond acceptors (Lipinski definition) is 2. The van der Waals surface area contributed by atoms with Gasteiger partial charge in [0.15, 0.2) is 0 Å². The fraction of sp³-hybridized carbons (Fsp3) is 0.222. The largest absolute Gasteiger partial charge is 0.273 e. The van der Waals surface area contributed by atoms with Gasteiger partial charge in [-0.15, -0.1) is 0 Å². The Balaban J connectivity index is 1.75. The zero-order valence-corrected chi connectivity index (χ0v) is 13.6. The summed E-state index contributed by atoms with van der Waals surface area (Å²) in [5, 5.41) is 0.623. The van der Waals surface area contributed by atoms with Crippen molar-refractivity contribution in [1.82, 2.24) is 10.9 Å². The van der Waals surface area contributed by atoms with Crippen LogP contribution in [0, 0.1) is 0 Å². The highest BCUT2D eigenvalue weighted by Crippen LogP contribution is 2.17. The van der Waals surface area contributed by atoms with Crippen LogP contribution >= 0.6 is 11.6 Å². The lowest BCUT2D eigenvalue weighted by atomic mass is 9.98. The summed E-state index contributed by atoms with van der Waals surface area (Å²) < 4.78 is 0. The number of rotatable bonds is 5. The van der Waals surface area contributed by atoms with Crippen molar-refractivity contribution < 1.29 is 9.59 Å². The van der Waals surface area contributed by atoms with Crippen LogP contribution in [0.3, 0.4) is 0 Å². The van der Waals surface area contributed by atoms with E-state index in [0.29, 0.717) is 11.4 Å². The average Bonchev–Trinajstić information content (AvgIpc) is 2.56. The Morgan fingerprint density at radius 1 is 0.957 bits per heavy atom. The number of carbonyl (C=O) groups is 2. The van der Waals surface area contributed by atoms with E-state index in [1.165, 1.54) is 0 Å². The van der Waals surface area contributed by atoms with Gasteiger partial charge in [0.05, 0.1) is 6.42 Å². The van der Waals surface area contributed by atoms with Crippen LogP contribution in [0.2, 0.25) is 5.02 Å². The second kappa shape index (κ2) is 8.34. The van der Waals surface area contributed by atoms with Crippen LogP contribution in [0.5, 0.6) is 0 Å². The number of benzene rings is 2. The first kappa shape index (κ1) is 17.0. The highest BCUT2D eigenvalue weighted by atomic mass is 35.5. The van der Waals surface area contributed by atoms with Gasteiger partial charge in [0.25, 0.3) is 0 Å². The second-order valence-electron chi connectivity index (χ2n) is 5.42. The van der Waals surface area contributed by atoms with Gasteiger partial charge in [-0.25, -0.2) is 0 Å². The smallest absolute Gasteiger partial charge is 0.242 e. The van der Waals surface area contributed by atoms with E-state index in [4.69, 9.17) is 11.6 Å². The van der Waals surface area contributed by atoms with E-state index in [2.05, 4.69) is 10.9 Å². The van der Waals surface area contributed by atoms with Gasteiger partial charge in [0.2, 0.25) is 11.8 Å². The Bertz CT molecular complexity index is 656. The lowest BCUT2D eigenvalue weighted by Gasteiger charge is -2.12. The molecule has 0 heterocycles. The highest BCUT2D eigenvalue weighted by Gasteiger charge is 2.11. The molecule has 4 nitrogen and oxygen atoms in total. The molecule has 0 saturated carbocycles. The van der Waals surface area contributed by atoms with Crippen molar-refractivity contribution in [3.8, 4) is 0 Å². The molecule has 0 saturated heterocycles. The maximum absolute atomic E-state index is 11.9. The molecule has 2 amide bonds. The number of nitrogens with one attached hydrogen (secondary N) is 2. The summed E-state index contributed by atoms with van der Waals surface area (Å²) >= 11 is 5.79. The molecule has 120 valence electrons. The average molecular weight is 331 g/mol. The zero-order valence-electron chi connectivity index (χ0n) is 12.9. The Morgan fingerprint density at radius 2 is 1.57 bits per heavy atom. The van der Waals surface area contributed by atoms with Crippen molar-refractivity contribution in [2.45, 2.75) is 25.7 Å². The Labute approximate surface area is 140 Å². The molecule has 0 radical (unpaired) electrons. The first-order valence-electron chi connectivity index (χ1n) is 7.41. The quantitative estimate of drug-likeness (QED) is 0.827. The molecular formula is C18H19ClN2O2. The lowest BCUT2D eigenvalue weighted by Crippen LogP contribution is -2.42. The molecule has 2 aromatic carbocycles. The van der Waals surface area contributed by atoms with Gasteiger partial charge in [0.1, 0.15) is 0 Å². The van der Waals surface area contributed by atoms with E-state index in [-0.39, 0.29) is 24.2 Å². The Hall–Kier alpha value is -2.33. The third-order valence-corrected chi connectivity index (χ3v) is 3.73. The fourth-order valence-corrected chi connectivity index (χ4v) is 2.33. The summed E-state index contributed by atoms with van der Waals surface area (Å²) in [5.41, 5.74) is 6.81. The van der Waals surface area contributed by atoms with Crippen LogP contribution < -0.4 is 10.9 Å². The third-order valence-electron chi connectivity index (χ3n) is 3.48. The van der Waals surface area contributed by atoms with Crippen LogP contribution in [0.25, 0.3) is 0 Å². The number of halogens is 1. The van der Waals surface area contributed by atoms with E-state index < -0.39 is 0 Å². The molecular weight excluding hydrogens is 312 g/mol. The third kappa shape index (κ3) is 5.75. The summed E-state index contributed by atoms with van der Waals surface area (Å²) in [6.45, 7) is 1.98. The molecule has 2 N–H and O–H groups in total. The van der Waals surface area contributed by atoms with Crippen LogP contribution in [0.1, 0.15) is 30.4 Å². The van der Waals surface area contributed by atoms with Crippen molar-refractivity contribution in [3.05, 3.63) is 70.7 Å². The summed E-state index contributed by atoms with van der Waals surface area (Å²) in [7, 11) is 0. The molecule has 23 heavy (non-hydrogen) atoms. The fourth-order valence-electron chi connectivity index (χ4n) is 2.20. The standard InChI is InChI=1S/C18H19ClN2O2/c1-13(15-5-3-2-4-6-15)11-17(22)20-21-18(23)12-14-7-9-16(19)10-8-14/h2-10,13H,11-12H2,1H3,(H,20,22)(H,21,23). The maximum Gasteiger partial charge on any atom is 0.242 e. The summed E-state index contributed by atoms with van der Waals surface area (Å²) in [6.07, 6.45) is 0.497. The zero-order chi connectivity index (χ0) is 16.7. The Morgan fingerprint density at radius 3 is 2.22 bits per heavy atom. The van der Waals surface area contributed by atoms with Crippen LogP contribution in [0.15, 0.2) is 54.6 Å². The molecule has 1 atom stereocenters. The van der Waals surface area contributed by atoms with Gasteiger partial charge in [-0.2, -0.15) is 0 Å². The first-order chi connectivity index (χ1) is 11.0. The molecule has 1 unspecified atom stereocenters. The van der Waals surface area contributed by atoms with Crippen molar-refractivity contribution in [2.24, 2.45) is 0 Å². The molecule has 0 aromatic heterocycles. The normalized spacial score (nSPS) is 11.6. The number of amides is 2. The molecule has 0 aliphatic carbocycles. The number of carbonyl (C=O) groups excluding carboxylic acids is 2. The molecule has 5 heteroatoms. The van der Waals surface area contributed by atoms with Crippen LogP contribution in [-0.4, -0.2) is 11.8 Å². The minimum atomic E-state index is -0.270. The molecule has 0 aliphatic heterocycles. The SMILES string of the molecule is CC(CC(=O)NNC(=O)Cc1ccc(Cl)cc1)c1ccccc1. The topological polar surface area (TPSA) is 58.2 Å². The van der Waals surface area contributed by atoms with Crippen LogP contribution in [-0.2, 0) is 16.0 Å². The summed E-state index contributed by atoms with van der Waals surface area (Å²) in [5.74, 6) is -0.400. The molecule has 0 spiro atoms. The minimum absolute atomic E-state index is 0.0874. The molecule has 2 aromatic rings. The monoisotopic (exact) mass is 330 g/mol. The van der Waals surface area contributed by atoms with Crippen molar-refractivity contribution in [2.75, 3.05) is 0 Å². The molecule has 0 aliphatic rings. The van der Waals surface area contributed by atoms with Gasteiger partial charge in [-0.1, -0.05) is 61.0 Å². The van der Waals surface area contributed by atoms with Gasteiger partial charge in [-0.05, 0) is 29.2 Å². The second-order valence-corrected chi connectivity index (χ2v) is 5.85. The summed E-state index contributed by atoms with van der Waals surface area (Å²) in [6, 6.07) is 16.8. The van der Waals surface area contributed by atoms with E-state index in [1.807, 2.05) is 37.3 Å². The number of hydrogen-bond donors (Lipinski definition) is 2. The maximum atomic E-state index is 11.9. The van der Waals surface area contributed by atoms with Crippen molar-refractivity contribution >= 4 is 23.4 Å². The van der Waals surface area contributed by atoms with Crippen LogP contribution in [0.4, 0.5) is 0 Å². The van der Waals surface area contributed by atoms with Crippen molar-refractivity contribution in [1.29, 1.82) is 0 Å². The predicted molar refractivity (Wildman–Crippen MR) is 90.9 cm³/mol. The molecule has 2 rings (SSSR count). The van der Waals surface area contributed by atoms with Gasteiger partial charge in [-0.3, -0.25) is 20.4 Å². The van der Waals surface area contributed by atoms with E-state index >= 15 is 0 Å². The first-order valence-corrected chi connectivity index (χ1v) is 7.79. The van der Waals surface area contributed by atoms with Crippen molar-refractivity contribution in [3.63, 3.8) is 0 Å². The van der Waals surface area contributed by atoms with Gasteiger partial charge < -0.3 is 0 Å². The lowest BCUT2D eigenvalue weighted by molar-refractivity contribution is -0.128. The summed E-state index contributed by atoms with van der Waals surface area (Å²) in [4.78, 5) is 23.7. The number of hydrazine groups is 1. The van der Waals surface area contributed by atoms with E-state index in [0.717, 1.165) is 11.1 Å². The highest BCUT2D eigenvalue weighted by molar-refractivity contribution is 6.30. The Kier molecular flexibility index (Phi) is 6.18. The molecule has 0 fully saturated rings. The van der Waals surface area contributed by atoms with Gasteiger partial charge in [0, 0.05) is 11.4 Å². The van der Waals surface area contributed by atoms with E-state index in [9.17, 15) is 9.59 Å². The predicted octanol–water partition coefficient (Wildman–Crippen LogP) is 3.22. The minimum Gasteiger partial charge on any atom is -0.273 e. The van der Waals surface area contributed by atoms with Gasteiger partial charge >= 0.3 is 0 Å². The molecule has 0 bridgehead atoms.